The van der Waals surface area contributed by atoms with E-state index in [0.717, 1.165) is 17.7 Å². The predicted molar refractivity (Wildman–Crippen MR) is 89.1 cm³/mol. The zero-order valence-electron chi connectivity index (χ0n) is 13.7. The first-order valence-electron chi connectivity index (χ1n) is 7.72. The van der Waals surface area contributed by atoms with E-state index in [1.807, 2.05) is 0 Å². The van der Waals surface area contributed by atoms with E-state index < -0.39 is 23.8 Å². The Morgan fingerprint density at radius 1 is 1.23 bits per heavy atom. The second-order valence-electron chi connectivity index (χ2n) is 5.64. The number of hydrogen-bond acceptors (Lipinski definition) is 4. The number of ether oxygens (including phenoxy) is 1. The quantitative estimate of drug-likeness (QED) is 0.897. The van der Waals surface area contributed by atoms with Crippen LogP contribution in [0.2, 0.25) is 0 Å². The SMILES string of the molecule is COc1cccc(C2=NOC(C(=O)Nc3cccc(C(F)(F)F)c3)C2)c1. The number of methoxy groups -OCH3 is 1. The van der Waals surface area contributed by atoms with Crippen LogP contribution in [0.3, 0.4) is 0 Å². The maximum absolute atomic E-state index is 12.7. The highest BCUT2D eigenvalue weighted by Crippen LogP contribution is 2.31. The lowest BCUT2D eigenvalue weighted by molar-refractivity contribution is -0.137. The summed E-state index contributed by atoms with van der Waals surface area (Å²) < 4.78 is 43.4. The Labute approximate surface area is 147 Å². The van der Waals surface area contributed by atoms with Crippen molar-refractivity contribution in [3.8, 4) is 5.75 Å². The van der Waals surface area contributed by atoms with E-state index in [0.29, 0.717) is 11.5 Å². The van der Waals surface area contributed by atoms with E-state index in [9.17, 15) is 18.0 Å². The van der Waals surface area contributed by atoms with Crippen molar-refractivity contribution in [1.29, 1.82) is 0 Å². The molecule has 0 fully saturated rings. The zero-order valence-corrected chi connectivity index (χ0v) is 13.7. The number of hydrogen-bond donors (Lipinski definition) is 1. The third kappa shape index (κ3) is 3.96. The fraction of sp³-hybridized carbons (Fsp3) is 0.222. The van der Waals surface area contributed by atoms with E-state index in [4.69, 9.17) is 9.57 Å². The maximum Gasteiger partial charge on any atom is 0.416 e. The molecule has 5 nitrogen and oxygen atoms in total. The van der Waals surface area contributed by atoms with Crippen molar-refractivity contribution in [2.45, 2.75) is 18.7 Å². The monoisotopic (exact) mass is 364 g/mol. The Hall–Kier alpha value is -3.03. The molecule has 1 unspecified atom stereocenters. The van der Waals surface area contributed by atoms with Gasteiger partial charge in [-0.1, -0.05) is 23.4 Å². The molecule has 0 bridgehead atoms. The molecular weight excluding hydrogens is 349 g/mol. The van der Waals surface area contributed by atoms with Gasteiger partial charge in [0.15, 0.2) is 0 Å². The van der Waals surface area contributed by atoms with Crippen LogP contribution in [0, 0.1) is 0 Å². The van der Waals surface area contributed by atoms with Crippen LogP contribution in [0.5, 0.6) is 5.75 Å². The predicted octanol–water partition coefficient (Wildman–Crippen LogP) is 3.85. The molecule has 0 radical (unpaired) electrons. The number of oxime groups is 1. The third-order valence-corrected chi connectivity index (χ3v) is 3.82. The van der Waals surface area contributed by atoms with E-state index in [1.165, 1.54) is 19.2 Å². The number of nitrogens with zero attached hydrogens (tertiary/aromatic N) is 1. The van der Waals surface area contributed by atoms with Crippen molar-refractivity contribution in [2.75, 3.05) is 12.4 Å². The molecule has 26 heavy (non-hydrogen) atoms. The van der Waals surface area contributed by atoms with Crippen LogP contribution in [-0.2, 0) is 15.8 Å². The van der Waals surface area contributed by atoms with Gasteiger partial charge in [-0.05, 0) is 30.3 Å². The van der Waals surface area contributed by atoms with E-state index in [2.05, 4.69) is 10.5 Å². The summed E-state index contributed by atoms with van der Waals surface area (Å²) in [6.07, 6.45) is -5.18. The van der Waals surface area contributed by atoms with Crippen LogP contribution in [-0.4, -0.2) is 24.8 Å². The number of rotatable bonds is 4. The van der Waals surface area contributed by atoms with Crippen molar-refractivity contribution < 1.29 is 27.5 Å². The topological polar surface area (TPSA) is 59.9 Å². The van der Waals surface area contributed by atoms with Crippen LogP contribution >= 0.6 is 0 Å². The number of alkyl halides is 3. The number of carbonyl (C=O) groups is 1. The highest BCUT2D eigenvalue weighted by molar-refractivity contribution is 6.06. The second kappa shape index (κ2) is 7.07. The van der Waals surface area contributed by atoms with Crippen LogP contribution < -0.4 is 10.1 Å². The first-order chi connectivity index (χ1) is 12.4. The molecule has 0 saturated heterocycles. The number of amides is 1. The van der Waals surface area contributed by atoms with Crippen LogP contribution in [0.1, 0.15) is 17.5 Å². The second-order valence-corrected chi connectivity index (χ2v) is 5.64. The Morgan fingerprint density at radius 2 is 2.00 bits per heavy atom. The highest BCUT2D eigenvalue weighted by Gasteiger charge is 2.32. The maximum atomic E-state index is 12.7. The molecular formula is C18H15F3N2O3. The summed E-state index contributed by atoms with van der Waals surface area (Å²) in [6, 6.07) is 11.5. The lowest BCUT2D eigenvalue weighted by Gasteiger charge is -2.12. The molecule has 2 aromatic rings. The van der Waals surface area contributed by atoms with Gasteiger partial charge in [-0.25, -0.2) is 0 Å². The normalized spacial score (nSPS) is 16.6. The third-order valence-electron chi connectivity index (χ3n) is 3.82. The van der Waals surface area contributed by atoms with E-state index in [-0.39, 0.29) is 12.1 Å². The molecule has 1 aliphatic heterocycles. The summed E-state index contributed by atoms with van der Waals surface area (Å²) in [5, 5.41) is 6.33. The molecule has 1 heterocycles. The lowest BCUT2D eigenvalue weighted by atomic mass is 10.0. The van der Waals surface area contributed by atoms with Gasteiger partial charge in [-0.3, -0.25) is 4.79 Å². The zero-order chi connectivity index (χ0) is 18.7. The molecule has 8 heteroatoms. The number of anilines is 1. The molecule has 2 aromatic carbocycles. The number of benzene rings is 2. The Morgan fingerprint density at radius 3 is 2.73 bits per heavy atom. The van der Waals surface area contributed by atoms with Gasteiger partial charge in [0.25, 0.3) is 5.91 Å². The van der Waals surface area contributed by atoms with Gasteiger partial charge in [0.05, 0.1) is 18.4 Å². The van der Waals surface area contributed by atoms with Crippen molar-refractivity contribution in [1.82, 2.24) is 0 Å². The van der Waals surface area contributed by atoms with Gasteiger partial charge < -0.3 is 14.9 Å². The fourth-order valence-corrected chi connectivity index (χ4v) is 2.49. The molecule has 0 spiro atoms. The molecule has 3 rings (SSSR count). The van der Waals surface area contributed by atoms with Gasteiger partial charge in [0.1, 0.15) is 5.75 Å². The fourth-order valence-electron chi connectivity index (χ4n) is 2.49. The first kappa shape index (κ1) is 17.8. The molecule has 1 amide bonds. The number of halogens is 3. The minimum absolute atomic E-state index is 0.0447. The molecule has 1 atom stereocenters. The standard InChI is InChI=1S/C18H15F3N2O3/c1-25-14-7-2-4-11(8-14)15-10-16(26-23-15)17(24)22-13-6-3-5-12(9-13)18(19,20)21/h2-9,16H,10H2,1H3,(H,22,24). The summed E-state index contributed by atoms with van der Waals surface area (Å²) in [5.41, 5.74) is 0.519. The largest absolute Gasteiger partial charge is 0.497 e. The highest BCUT2D eigenvalue weighted by atomic mass is 19.4. The van der Waals surface area contributed by atoms with Crippen LogP contribution in [0.4, 0.5) is 18.9 Å². The molecule has 0 saturated carbocycles. The summed E-state index contributed by atoms with van der Waals surface area (Å²) in [4.78, 5) is 17.4. The van der Waals surface area contributed by atoms with Crippen LogP contribution in [0.15, 0.2) is 53.7 Å². The summed E-state index contributed by atoms with van der Waals surface area (Å²) in [5.74, 6) is 0.0769. The smallest absolute Gasteiger partial charge is 0.416 e. The molecule has 1 aliphatic rings. The van der Waals surface area contributed by atoms with Gasteiger partial charge in [-0.2, -0.15) is 13.2 Å². The molecule has 136 valence electrons. The first-order valence-corrected chi connectivity index (χ1v) is 7.72. The van der Waals surface area contributed by atoms with Gasteiger partial charge in [-0.15, -0.1) is 0 Å². The molecule has 1 N–H and O–H groups in total. The van der Waals surface area contributed by atoms with Gasteiger partial charge in [0.2, 0.25) is 6.10 Å². The summed E-state index contributed by atoms with van der Waals surface area (Å²) in [7, 11) is 1.54. The van der Waals surface area contributed by atoms with E-state index in [1.54, 1.807) is 24.3 Å². The Balaban J connectivity index is 1.66. The van der Waals surface area contributed by atoms with Crippen molar-refractivity contribution >= 4 is 17.3 Å². The minimum Gasteiger partial charge on any atom is -0.497 e. The Kier molecular flexibility index (Phi) is 4.83. The van der Waals surface area contributed by atoms with Crippen molar-refractivity contribution in [3.05, 3.63) is 59.7 Å². The molecule has 0 aliphatic carbocycles. The van der Waals surface area contributed by atoms with Crippen LogP contribution in [0.25, 0.3) is 0 Å². The van der Waals surface area contributed by atoms with E-state index >= 15 is 0 Å². The average Bonchev–Trinajstić information content (AvgIpc) is 3.11. The summed E-state index contributed by atoms with van der Waals surface area (Å²) >= 11 is 0. The Bertz CT molecular complexity index is 850. The average molecular weight is 364 g/mol. The lowest BCUT2D eigenvalue weighted by Crippen LogP contribution is -2.28. The number of nitrogens with one attached hydrogen (secondary N) is 1. The number of carbonyl (C=O) groups excluding carboxylic acids is 1. The minimum atomic E-state index is -4.48. The molecule has 0 aromatic heterocycles. The van der Waals surface area contributed by atoms with Gasteiger partial charge in [0, 0.05) is 17.7 Å². The van der Waals surface area contributed by atoms with Gasteiger partial charge >= 0.3 is 6.18 Å². The van der Waals surface area contributed by atoms with Crippen molar-refractivity contribution in [2.24, 2.45) is 5.16 Å². The summed E-state index contributed by atoms with van der Waals surface area (Å²) in [6.45, 7) is 0. The van der Waals surface area contributed by atoms with Crippen molar-refractivity contribution in [3.63, 3.8) is 0 Å².